The molecular weight excluding hydrogens is 401 g/mol. The Morgan fingerprint density at radius 3 is 2.24 bits per heavy atom. The molecule has 0 radical (unpaired) electrons. The molecule has 1 fully saturated rings. The first kappa shape index (κ1) is 20.7. The predicted octanol–water partition coefficient (Wildman–Crippen LogP) is 2.15. The first-order valence-electron chi connectivity index (χ1n) is 8.82. The molecule has 2 amide bonds. The van der Waals surface area contributed by atoms with Gasteiger partial charge in [-0.2, -0.15) is 4.31 Å². The zero-order chi connectivity index (χ0) is 21.0. The standard InChI is InChI=1S/C19H20FN3O5S/c1-28-18(24)16-4-2-3-5-17(16)21-19(25)22-10-12-23(13-11-22)29(26,27)15-8-6-14(20)7-9-15/h2-9H,10-13H2,1H3,(H,21,25). The highest BCUT2D eigenvalue weighted by atomic mass is 32.2. The number of rotatable bonds is 4. The van der Waals surface area contributed by atoms with E-state index in [-0.39, 0.29) is 36.6 Å². The van der Waals surface area contributed by atoms with Crippen molar-refractivity contribution < 1.29 is 27.1 Å². The maximum absolute atomic E-state index is 13.0. The van der Waals surface area contributed by atoms with Crippen LogP contribution >= 0.6 is 0 Å². The number of sulfonamides is 1. The minimum Gasteiger partial charge on any atom is -0.465 e. The second-order valence-corrected chi connectivity index (χ2v) is 8.25. The van der Waals surface area contributed by atoms with Gasteiger partial charge in [0, 0.05) is 26.2 Å². The molecule has 0 aliphatic carbocycles. The highest BCUT2D eigenvalue weighted by molar-refractivity contribution is 7.89. The Balaban J connectivity index is 1.64. The van der Waals surface area contributed by atoms with Gasteiger partial charge in [0.25, 0.3) is 0 Å². The van der Waals surface area contributed by atoms with Crippen LogP contribution in [0.1, 0.15) is 10.4 Å². The van der Waals surface area contributed by atoms with Gasteiger partial charge in [0.15, 0.2) is 0 Å². The third-order valence-corrected chi connectivity index (χ3v) is 6.46. The summed E-state index contributed by atoms with van der Waals surface area (Å²) in [4.78, 5) is 25.8. The normalized spacial score (nSPS) is 15.0. The van der Waals surface area contributed by atoms with Crippen LogP contribution in [0.25, 0.3) is 0 Å². The number of ether oxygens (including phenoxy) is 1. The molecule has 1 aliphatic rings. The summed E-state index contributed by atoms with van der Waals surface area (Å²) in [5, 5.41) is 2.66. The maximum Gasteiger partial charge on any atom is 0.339 e. The summed E-state index contributed by atoms with van der Waals surface area (Å²) in [5.41, 5.74) is 0.534. The molecule has 0 spiro atoms. The van der Waals surface area contributed by atoms with E-state index in [2.05, 4.69) is 5.32 Å². The third kappa shape index (κ3) is 4.54. The van der Waals surface area contributed by atoms with Crippen LogP contribution in [0.4, 0.5) is 14.9 Å². The maximum atomic E-state index is 13.0. The molecule has 2 aromatic carbocycles. The largest absolute Gasteiger partial charge is 0.465 e. The summed E-state index contributed by atoms with van der Waals surface area (Å²) in [6.07, 6.45) is 0. The number of nitrogens with one attached hydrogen (secondary N) is 1. The molecule has 0 bridgehead atoms. The van der Waals surface area contributed by atoms with Crippen molar-refractivity contribution in [2.45, 2.75) is 4.90 Å². The topological polar surface area (TPSA) is 96.0 Å². The number of para-hydroxylation sites is 1. The van der Waals surface area contributed by atoms with Gasteiger partial charge in [-0.25, -0.2) is 22.4 Å². The molecule has 29 heavy (non-hydrogen) atoms. The van der Waals surface area contributed by atoms with Crippen molar-refractivity contribution in [1.82, 2.24) is 9.21 Å². The summed E-state index contributed by atoms with van der Waals surface area (Å²) in [6.45, 7) is 0.552. The lowest BCUT2D eigenvalue weighted by atomic mass is 10.2. The molecular formula is C19H20FN3O5S. The summed E-state index contributed by atoms with van der Waals surface area (Å²) < 4.78 is 44.3. The first-order valence-corrected chi connectivity index (χ1v) is 10.3. The number of hydrogen-bond donors (Lipinski definition) is 1. The number of halogens is 1. The number of carbonyl (C=O) groups excluding carboxylic acids is 2. The lowest BCUT2D eigenvalue weighted by Gasteiger charge is -2.34. The SMILES string of the molecule is COC(=O)c1ccccc1NC(=O)N1CCN(S(=O)(=O)c2ccc(F)cc2)CC1. The highest BCUT2D eigenvalue weighted by Gasteiger charge is 2.30. The summed E-state index contributed by atoms with van der Waals surface area (Å²) in [6, 6.07) is 10.6. The van der Waals surface area contributed by atoms with Crippen LogP contribution in [-0.2, 0) is 14.8 Å². The molecule has 0 atom stereocenters. The Bertz CT molecular complexity index is 1000. The summed E-state index contributed by atoms with van der Waals surface area (Å²) in [5.74, 6) is -1.09. The number of carbonyl (C=O) groups is 2. The van der Waals surface area contributed by atoms with E-state index in [1.807, 2.05) is 0 Å². The van der Waals surface area contributed by atoms with Crippen LogP contribution in [-0.4, -0.2) is 62.9 Å². The Kier molecular flexibility index (Phi) is 6.14. The molecule has 1 aliphatic heterocycles. The number of piperazine rings is 1. The highest BCUT2D eigenvalue weighted by Crippen LogP contribution is 2.20. The van der Waals surface area contributed by atoms with E-state index in [4.69, 9.17) is 4.74 Å². The van der Waals surface area contributed by atoms with E-state index in [0.717, 1.165) is 12.1 Å². The second-order valence-electron chi connectivity index (χ2n) is 6.31. The lowest BCUT2D eigenvalue weighted by molar-refractivity contribution is 0.0602. The average Bonchev–Trinajstić information content (AvgIpc) is 2.74. The van der Waals surface area contributed by atoms with Crippen molar-refractivity contribution >= 4 is 27.7 Å². The van der Waals surface area contributed by atoms with Gasteiger partial charge in [-0.05, 0) is 36.4 Å². The van der Waals surface area contributed by atoms with Crippen LogP contribution in [0.15, 0.2) is 53.4 Å². The van der Waals surface area contributed by atoms with E-state index in [0.29, 0.717) is 5.69 Å². The Hall–Kier alpha value is -2.98. The molecule has 1 N–H and O–H groups in total. The number of benzene rings is 2. The summed E-state index contributed by atoms with van der Waals surface area (Å²) >= 11 is 0. The molecule has 154 valence electrons. The minimum absolute atomic E-state index is 0.00352. The number of methoxy groups -OCH3 is 1. The van der Waals surface area contributed by atoms with Gasteiger partial charge >= 0.3 is 12.0 Å². The molecule has 2 aromatic rings. The van der Waals surface area contributed by atoms with Crippen LogP contribution < -0.4 is 5.32 Å². The number of anilines is 1. The molecule has 0 saturated carbocycles. The first-order chi connectivity index (χ1) is 13.8. The Morgan fingerprint density at radius 1 is 1.00 bits per heavy atom. The smallest absolute Gasteiger partial charge is 0.339 e. The fraction of sp³-hybridized carbons (Fsp3) is 0.263. The Labute approximate surface area is 167 Å². The van der Waals surface area contributed by atoms with Crippen molar-refractivity contribution in [2.24, 2.45) is 0 Å². The predicted molar refractivity (Wildman–Crippen MR) is 104 cm³/mol. The van der Waals surface area contributed by atoms with Crippen molar-refractivity contribution in [2.75, 3.05) is 38.6 Å². The number of hydrogen-bond acceptors (Lipinski definition) is 5. The molecule has 0 aromatic heterocycles. The molecule has 0 unspecified atom stereocenters. The lowest BCUT2D eigenvalue weighted by Crippen LogP contribution is -2.51. The van der Waals surface area contributed by atoms with Gasteiger partial charge in [0.2, 0.25) is 10.0 Å². The second kappa shape index (κ2) is 8.58. The zero-order valence-electron chi connectivity index (χ0n) is 15.7. The number of nitrogens with zero attached hydrogens (tertiary/aromatic N) is 2. The van der Waals surface area contributed by atoms with Gasteiger partial charge in [-0.15, -0.1) is 0 Å². The molecule has 1 saturated heterocycles. The van der Waals surface area contributed by atoms with Crippen molar-refractivity contribution in [3.05, 3.63) is 59.9 Å². The van der Waals surface area contributed by atoms with Crippen molar-refractivity contribution in [1.29, 1.82) is 0 Å². The third-order valence-electron chi connectivity index (χ3n) is 4.55. The number of urea groups is 1. The van der Waals surface area contributed by atoms with E-state index < -0.39 is 27.8 Å². The van der Waals surface area contributed by atoms with Gasteiger partial charge in [0.05, 0.1) is 23.3 Å². The minimum atomic E-state index is -3.76. The van der Waals surface area contributed by atoms with Crippen LogP contribution in [0.5, 0.6) is 0 Å². The van der Waals surface area contributed by atoms with E-state index in [1.54, 1.807) is 18.2 Å². The van der Waals surface area contributed by atoms with Gasteiger partial charge in [0.1, 0.15) is 5.82 Å². The molecule has 10 heteroatoms. The molecule has 3 rings (SSSR count). The molecule has 1 heterocycles. The van der Waals surface area contributed by atoms with Crippen LogP contribution in [0.3, 0.4) is 0 Å². The number of amides is 2. The van der Waals surface area contributed by atoms with Gasteiger partial charge in [-0.3, -0.25) is 0 Å². The van der Waals surface area contributed by atoms with Crippen LogP contribution in [0.2, 0.25) is 0 Å². The van der Waals surface area contributed by atoms with E-state index >= 15 is 0 Å². The van der Waals surface area contributed by atoms with Crippen LogP contribution in [0, 0.1) is 5.82 Å². The fourth-order valence-corrected chi connectivity index (χ4v) is 4.38. The van der Waals surface area contributed by atoms with Gasteiger partial charge in [-0.1, -0.05) is 12.1 Å². The summed E-state index contributed by atoms with van der Waals surface area (Å²) in [7, 11) is -2.51. The Morgan fingerprint density at radius 2 is 1.62 bits per heavy atom. The quantitative estimate of drug-likeness (QED) is 0.764. The zero-order valence-corrected chi connectivity index (χ0v) is 16.5. The average molecular weight is 421 g/mol. The van der Waals surface area contributed by atoms with E-state index in [1.165, 1.54) is 34.5 Å². The molecule has 8 nitrogen and oxygen atoms in total. The number of esters is 1. The monoisotopic (exact) mass is 421 g/mol. The van der Waals surface area contributed by atoms with Crippen molar-refractivity contribution in [3.8, 4) is 0 Å². The van der Waals surface area contributed by atoms with E-state index in [9.17, 15) is 22.4 Å². The van der Waals surface area contributed by atoms with Crippen molar-refractivity contribution in [3.63, 3.8) is 0 Å². The fourth-order valence-electron chi connectivity index (χ4n) is 2.96. The van der Waals surface area contributed by atoms with Gasteiger partial charge < -0.3 is 15.0 Å².